The number of carbonyl (C=O) groups is 4. The van der Waals surface area contributed by atoms with Gasteiger partial charge >= 0.3 is 12.1 Å². The number of alkyl halides is 3. The highest BCUT2D eigenvalue weighted by Crippen LogP contribution is 2.37. The molecule has 20 heteroatoms. The molecule has 3 heterocycles. The zero-order valence-electron chi connectivity index (χ0n) is 38.6. The number of carbonyl (C=O) groups excluding carboxylic acids is 4. The van der Waals surface area contributed by atoms with Crippen LogP contribution in [0.1, 0.15) is 109 Å². The standard InChI is InChI=1S/C47H61F3N8O8S/c1-6-57(25-29(2)52-43(61)33-19-17-32(18-20-33)41-55-46(66-56-41)47(48,49)50)22-23-64-36(26-63-5)27-65-35-15-10-14-34(24-35)40(59)37-28-67-44(53-37)38-16-11-21-58(38)45(62)39(31-12-8-7-9-13-31)54-42(60)30(3)51-4/h10,14-15,17-20,24,28-31,36,38-39,51H,6-9,11-13,16,21-23,25-27H2,1-5H3,(H,52,61)(H,54,60)/t29?,30?,36?,38-,39?/m0/s1. The molecule has 4 unspecified atom stereocenters. The zero-order valence-corrected chi connectivity index (χ0v) is 39.4. The lowest BCUT2D eigenvalue weighted by Crippen LogP contribution is -2.55. The maximum Gasteiger partial charge on any atom is 0.471 e. The highest BCUT2D eigenvalue weighted by atomic mass is 32.1. The van der Waals surface area contributed by atoms with Crippen LogP contribution in [0.4, 0.5) is 13.2 Å². The first-order valence-electron chi connectivity index (χ1n) is 22.8. The Morgan fingerprint density at radius 3 is 2.42 bits per heavy atom. The summed E-state index contributed by atoms with van der Waals surface area (Å²) in [5.74, 6) is -2.03. The van der Waals surface area contributed by atoms with Gasteiger partial charge in [0.1, 0.15) is 35.2 Å². The van der Waals surface area contributed by atoms with Crippen LogP contribution in [-0.2, 0) is 25.2 Å². The van der Waals surface area contributed by atoms with Crippen molar-refractivity contribution in [2.75, 3.05) is 60.2 Å². The fourth-order valence-corrected chi connectivity index (χ4v) is 9.30. The van der Waals surface area contributed by atoms with Gasteiger partial charge in [-0.2, -0.15) is 18.2 Å². The van der Waals surface area contributed by atoms with Gasteiger partial charge in [0.05, 0.1) is 25.3 Å². The first-order valence-corrected chi connectivity index (χ1v) is 23.7. The van der Waals surface area contributed by atoms with E-state index in [1.54, 1.807) is 50.7 Å². The van der Waals surface area contributed by atoms with Crippen LogP contribution in [0.5, 0.6) is 5.75 Å². The summed E-state index contributed by atoms with van der Waals surface area (Å²) in [7, 11) is 3.29. The Kier molecular flexibility index (Phi) is 18.4. The predicted octanol–water partition coefficient (Wildman–Crippen LogP) is 6.33. The maximum atomic E-state index is 14.2. The second-order valence-corrected chi connectivity index (χ2v) is 17.9. The monoisotopic (exact) mass is 954 g/mol. The van der Waals surface area contributed by atoms with Crippen LogP contribution in [-0.4, -0.2) is 133 Å². The number of likely N-dealkylation sites (N-methyl/N-ethyl adjacent to an activating group) is 2. The normalized spacial score (nSPS) is 17.5. The number of halogens is 3. The Balaban J connectivity index is 0.978. The van der Waals surface area contributed by atoms with Gasteiger partial charge in [0.25, 0.3) is 5.91 Å². The number of ketones is 1. The average Bonchev–Trinajstić information content (AvgIpc) is 4.14. The molecule has 1 saturated carbocycles. The maximum absolute atomic E-state index is 14.2. The van der Waals surface area contributed by atoms with Gasteiger partial charge < -0.3 is 39.6 Å². The first kappa shape index (κ1) is 51.1. The quantitative estimate of drug-likeness (QED) is 0.0701. The largest absolute Gasteiger partial charge is 0.491 e. The minimum atomic E-state index is -4.76. The van der Waals surface area contributed by atoms with Crippen LogP contribution in [0, 0.1) is 5.92 Å². The molecule has 1 saturated heterocycles. The molecule has 6 rings (SSSR count). The van der Waals surface area contributed by atoms with Crippen molar-refractivity contribution in [3.63, 3.8) is 0 Å². The summed E-state index contributed by atoms with van der Waals surface area (Å²) >= 11 is 1.36. The number of nitrogens with zero attached hydrogens (tertiary/aromatic N) is 5. The van der Waals surface area contributed by atoms with Gasteiger partial charge in [0.2, 0.25) is 23.4 Å². The number of aromatic nitrogens is 3. The van der Waals surface area contributed by atoms with Gasteiger partial charge in [0, 0.05) is 54.9 Å². The molecule has 5 atom stereocenters. The molecule has 0 bridgehead atoms. The number of methoxy groups -OCH3 is 1. The molecule has 0 radical (unpaired) electrons. The van der Waals surface area contributed by atoms with Crippen molar-refractivity contribution in [1.29, 1.82) is 0 Å². The molecule has 67 heavy (non-hydrogen) atoms. The van der Waals surface area contributed by atoms with Crippen molar-refractivity contribution in [2.24, 2.45) is 5.92 Å². The molecule has 2 fully saturated rings. The lowest BCUT2D eigenvalue weighted by atomic mass is 9.83. The molecule has 0 spiro atoms. The highest BCUT2D eigenvalue weighted by molar-refractivity contribution is 7.10. The molecule has 2 aromatic carbocycles. The van der Waals surface area contributed by atoms with Gasteiger partial charge in [-0.15, -0.1) is 11.3 Å². The SMILES string of the molecule is CCN(CCOC(COC)COc1cccc(C(=O)c2csc([C@@H]3CCCN3C(=O)C(NC(=O)C(C)NC)C3CCCCC3)n2)c1)CC(C)NC(=O)c1ccc(-c2noc(C(F)(F)F)n2)cc1. The van der Waals surface area contributed by atoms with Gasteiger partial charge in [-0.1, -0.05) is 55.6 Å². The number of amides is 3. The minimum absolute atomic E-state index is 0.0733. The lowest BCUT2D eigenvalue weighted by Gasteiger charge is -2.35. The number of thiazole rings is 1. The van der Waals surface area contributed by atoms with E-state index in [2.05, 4.69) is 35.5 Å². The number of nitrogens with one attached hydrogen (secondary N) is 3. The van der Waals surface area contributed by atoms with Crippen molar-refractivity contribution < 1.29 is 51.1 Å². The van der Waals surface area contributed by atoms with Crippen LogP contribution in [0.15, 0.2) is 58.4 Å². The molecular weight excluding hydrogens is 894 g/mol. The number of hydrogen-bond acceptors (Lipinski definition) is 14. The number of hydrogen-bond donors (Lipinski definition) is 3. The van der Waals surface area contributed by atoms with Gasteiger partial charge in [-0.25, -0.2) is 4.98 Å². The van der Waals surface area contributed by atoms with Gasteiger partial charge in [-0.3, -0.25) is 24.1 Å². The molecule has 3 N–H and O–H groups in total. The molecule has 1 aliphatic carbocycles. The van der Waals surface area contributed by atoms with E-state index in [1.165, 1.54) is 35.6 Å². The van der Waals surface area contributed by atoms with Crippen LogP contribution in [0.3, 0.4) is 0 Å². The number of ether oxygens (including phenoxy) is 3. The van der Waals surface area contributed by atoms with E-state index in [9.17, 15) is 32.3 Å². The number of rotatable bonds is 23. The van der Waals surface area contributed by atoms with Crippen molar-refractivity contribution in [3.05, 3.63) is 81.6 Å². The van der Waals surface area contributed by atoms with Gasteiger partial charge in [-0.05, 0) is 83.3 Å². The number of likely N-dealkylation sites (tertiary alicyclic amines) is 1. The molecule has 364 valence electrons. The van der Waals surface area contributed by atoms with Crippen LogP contribution in [0.2, 0.25) is 0 Å². The van der Waals surface area contributed by atoms with E-state index in [4.69, 9.17) is 19.2 Å². The summed E-state index contributed by atoms with van der Waals surface area (Å²) in [5, 5.41) is 14.8. The summed E-state index contributed by atoms with van der Waals surface area (Å²) in [6.07, 6.45) is 1.32. The second kappa shape index (κ2) is 24.1. The third-order valence-corrected chi connectivity index (χ3v) is 13.1. The van der Waals surface area contributed by atoms with Crippen molar-refractivity contribution in [1.82, 2.24) is 40.9 Å². The lowest BCUT2D eigenvalue weighted by molar-refractivity contribution is -0.159. The third kappa shape index (κ3) is 13.9. The smallest absolute Gasteiger partial charge is 0.471 e. The summed E-state index contributed by atoms with van der Waals surface area (Å²) < 4.78 is 60.5. The average molecular weight is 955 g/mol. The molecule has 2 aromatic heterocycles. The molecule has 3 amide bonds. The topological polar surface area (TPSA) is 190 Å². The Hall–Kier alpha value is -5.28. The Bertz CT molecular complexity index is 2250. The summed E-state index contributed by atoms with van der Waals surface area (Å²) in [6, 6.07) is 11.2. The van der Waals surface area contributed by atoms with E-state index in [-0.39, 0.29) is 71.8 Å². The second-order valence-electron chi connectivity index (χ2n) is 17.0. The molecule has 4 aromatic rings. The predicted molar refractivity (Wildman–Crippen MR) is 244 cm³/mol. The fraction of sp³-hybridized carbons (Fsp3) is 0.553. The van der Waals surface area contributed by atoms with E-state index in [0.29, 0.717) is 54.7 Å². The van der Waals surface area contributed by atoms with E-state index >= 15 is 0 Å². The van der Waals surface area contributed by atoms with Crippen LogP contribution < -0.4 is 20.7 Å². The summed E-state index contributed by atoms with van der Waals surface area (Å²) in [5.41, 5.74) is 1.28. The van der Waals surface area contributed by atoms with Crippen LogP contribution >= 0.6 is 11.3 Å². The summed E-state index contributed by atoms with van der Waals surface area (Å²) in [4.78, 5) is 66.1. The van der Waals surface area contributed by atoms with E-state index in [0.717, 1.165) is 44.9 Å². The van der Waals surface area contributed by atoms with Crippen molar-refractivity contribution in [2.45, 2.75) is 102 Å². The minimum Gasteiger partial charge on any atom is -0.491 e. The molecular formula is C47H61F3N8O8S. The number of benzene rings is 2. The summed E-state index contributed by atoms with van der Waals surface area (Å²) in [6.45, 7) is 8.73. The van der Waals surface area contributed by atoms with Crippen molar-refractivity contribution in [3.8, 4) is 17.1 Å². The Morgan fingerprint density at radius 1 is 0.970 bits per heavy atom. The first-order chi connectivity index (χ1) is 32.2. The fourth-order valence-electron chi connectivity index (χ4n) is 8.36. The molecule has 2 aliphatic rings. The van der Waals surface area contributed by atoms with E-state index in [1.807, 2.05) is 18.7 Å². The highest BCUT2D eigenvalue weighted by Gasteiger charge is 2.41. The van der Waals surface area contributed by atoms with Crippen LogP contribution in [0.25, 0.3) is 11.4 Å². The van der Waals surface area contributed by atoms with Gasteiger partial charge in [0.15, 0.2) is 0 Å². The molecule has 16 nitrogen and oxygen atoms in total. The molecule has 1 aliphatic heterocycles. The zero-order chi connectivity index (χ0) is 48.1. The Labute approximate surface area is 392 Å². The van der Waals surface area contributed by atoms with E-state index < -0.39 is 30.3 Å². The van der Waals surface area contributed by atoms with Crippen molar-refractivity contribution >= 4 is 34.8 Å². The Morgan fingerprint density at radius 2 is 1.73 bits per heavy atom. The third-order valence-electron chi connectivity index (χ3n) is 12.2.